The van der Waals surface area contributed by atoms with Gasteiger partial charge in [0.1, 0.15) is 0 Å². The van der Waals surface area contributed by atoms with Gasteiger partial charge in [0.25, 0.3) is 5.56 Å². The molecule has 1 atom stereocenters. The van der Waals surface area contributed by atoms with Crippen molar-refractivity contribution in [3.8, 4) is 0 Å². The number of hydrogen-bond acceptors (Lipinski definition) is 5. The van der Waals surface area contributed by atoms with E-state index in [-0.39, 0.29) is 23.9 Å². The molecule has 1 N–H and O–H groups in total. The van der Waals surface area contributed by atoms with Crippen molar-refractivity contribution in [1.82, 2.24) is 14.9 Å². The molecule has 144 valence electrons. The third-order valence-electron chi connectivity index (χ3n) is 5.54. The summed E-state index contributed by atoms with van der Waals surface area (Å²) in [6.45, 7) is 10.00. The number of carbonyl (C=O) groups excluding carboxylic acids is 1. The summed E-state index contributed by atoms with van der Waals surface area (Å²) in [6, 6.07) is 5.44. The summed E-state index contributed by atoms with van der Waals surface area (Å²) >= 11 is 0. The Balaban J connectivity index is 1.96. The van der Waals surface area contributed by atoms with Crippen molar-refractivity contribution < 1.29 is 14.1 Å². The molecule has 0 saturated carbocycles. The Bertz CT molecular complexity index is 922. The first kappa shape index (κ1) is 19.6. The lowest BCUT2D eigenvalue weighted by Crippen LogP contribution is -2.41. The number of fused-ring (bicyclic) bond motifs is 1. The molecule has 2 heterocycles. The van der Waals surface area contributed by atoms with E-state index in [1.165, 1.54) is 10.9 Å². The van der Waals surface area contributed by atoms with Gasteiger partial charge in [-0.2, -0.15) is 0 Å². The van der Waals surface area contributed by atoms with Gasteiger partial charge in [-0.05, 0) is 45.3 Å². The van der Waals surface area contributed by atoms with E-state index >= 15 is 0 Å². The van der Waals surface area contributed by atoms with E-state index in [0.29, 0.717) is 10.9 Å². The van der Waals surface area contributed by atoms with Crippen LogP contribution in [0.3, 0.4) is 0 Å². The summed E-state index contributed by atoms with van der Waals surface area (Å²) in [6.07, 6.45) is 1.48. The lowest BCUT2D eigenvalue weighted by atomic mass is 9.78. The molecule has 7 nitrogen and oxygen atoms in total. The van der Waals surface area contributed by atoms with Crippen LogP contribution < -0.4 is 16.3 Å². The summed E-state index contributed by atoms with van der Waals surface area (Å²) in [4.78, 5) is 29.0. The minimum Gasteiger partial charge on any atom is -0.399 e. The van der Waals surface area contributed by atoms with Crippen LogP contribution in [0.25, 0.3) is 10.9 Å². The Morgan fingerprint density at radius 2 is 1.89 bits per heavy atom. The van der Waals surface area contributed by atoms with E-state index < -0.39 is 18.3 Å². The predicted molar refractivity (Wildman–Crippen MR) is 105 cm³/mol. The fourth-order valence-corrected chi connectivity index (χ4v) is 3.06. The molecule has 1 unspecified atom stereocenters. The third-order valence-corrected chi connectivity index (χ3v) is 5.54. The maximum absolute atomic E-state index is 12.9. The summed E-state index contributed by atoms with van der Waals surface area (Å²) in [5, 5.41) is 3.08. The highest BCUT2D eigenvalue weighted by Crippen LogP contribution is 2.36. The average Bonchev–Trinajstić information content (AvgIpc) is 2.84. The Hall–Kier alpha value is -2.19. The van der Waals surface area contributed by atoms with Crippen LogP contribution in [0.5, 0.6) is 0 Å². The highest BCUT2D eigenvalue weighted by molar-refractivity contribution is 6.62. The molecule has 1 aromatic carbocycles. The standard InChI is InChI=1S/C19H26BN3O4/c1-12(16(24)21-6)10-23-11-22-15-8-7-13(9-14(15)17(23)25)20-26-18(2,3)19(4,5)27-20/h7-9,11-12H,10H2,1-6H3,(H,21,24). The van der Waals surface area contributed by atoms with Crippen molar-refractivity contribution in [3.05, 3.63) is 34.9 Å². The normalized spacial score (nSPS) is 19.3. The summed E-state index contributed by atoms with van der Waals surface area (Å²) in [7, 11) is 1.04. The second kappa shape index (κ2) is 6.76. The van der Waals surface area contributed by atoms with Crippen molar-refractivity contribution in [2.45, 2.75) is 52.4 Å². The Kier molecular flexibility index (Phi) is 4.90. The molecule has 0 spiro atoms. The van der Waals surface area contributed by atoms with Crippen LogP contribution in [0.2, 0.25) is 0 Å². The molecule has 1 fully saturated rings. The summed E-state index contributed by atoms with van der Waals surface area (Å²) in [5.74, 6) is -0.453. The zero-order valence-electron chi connectivity index (χ0n) is 16.7. The molecule has 8 heteroatoms. The van der Waals surface area contributed by atoms with Crippen molar-refractivity contribution in [3.63, 3.8) is 0 Å². The van der Waals surface area contributed by atoms with Gasteiger partial charge in [0.05, 0.1) is 34.4 Å². The number of rotatable bonds is 4. The van der Waals surface area contributed by atoms with E-state index in [2.05, 4.69) is 10.3 Å². The molecule has 1 amide bonds. The molecule has 1 saturated heterocycles. The SMILES string of the molecule is CNC(=O)C(C)Cn1cnc2ccc(B3OC(C)(C)C(C)(C)O3)cc2c1=O. The molecule has 0 bridgehead atoms. The van der Waals surface area contributed by atoms with Crippen LogP contribution in [0, 0.1) is 5.92 Å². The zero-order chi connectivity index (χ0) is 20.0. The minimum atomic E-state index is -0.544. The van der Waals surface area contributed by atoms with Crippen molar-refractivity contribution in [2.75, 3.05) is 7.05 Å². The van der Waals surface area contributed by atoms with Gasteiger partial charge < -0.3 is 14.6 Å². The number of nitrogens with zero attached hydrogens (tertiary/aromatic N) is 2. The van der Waals surface area contributed by atoms with Crippen LogP contribution in [0.1, 0.15) is 34.6 Å². The molecule has 0 radical (unpaired) electrons. The van der Waals surface area contributed by atoms with Gasteiger partial charge in [-0.1, -0.05) is 13.0 Å². The number of benzene rings is 1. The van der Waals surface area contributed by atoms with E-state index in [4.69, 9.17) is 9.31 Å². The smallest absolute Gasteiger partial charge is 0.399 e. The monoisotopic (exact) mass is 371 g/mol. The molecule has 27 heavy (non-hydrogen) atoms. The predicted octanol–water partition coefficient (Wildman–Crippen LogP) is 1.08. The Morgan fingerprint density at radius 3 is 2.48 bits per heavy atom. The number of carbonyl (C=O) groups is 1. The maximum Gasteiger partial charge on any atom is 0.494 e. The molecule has 0 aliphatic carbocycles. The van der Waals surface area contributed by atoms with Gasteiger partial charge in [-0.3, -0.25) is 14.2 Å². The lowest BCUT2D eigenvalue weighted by Gasteiger charge is -2.32. The first-order valence-corrected chi connectivity index (χ1v) is 9.12. The van der Waals surface area contributed by atoms with E-state index in [1.807, 2.05) is 33.8 Å². The molecule has 1 aromatic heterocycles. The molecule has 1 aliphatic rings. The molecular formula is C19H26BN3O4. The third kappa shape index (κ3) is 3.51. The highest BCUT2D eigenvalue weighted by atomic mass is 16.7. The first-order chi connectivity index (χ1) is 12.6. The lowest BCUT2D eigenvalue weighted by molar-refractivity contribution is -0.124. The van der Waals surface area contributed by atoms with Crippen molar-refractivity contribution >= 4 is 29.4 Å². The summed E-state index contributed by atoms with van der Waals surface area (Å²) < 4.78 is 13.6. The molecule has 1 aliphatic heterocycles. The van der Waals surface area contributed by atoms with Gasteiger partial charge in [0.2, 0.25) is 5.91 Å². The zero-order valence-corrected chi connectivity index (χ0v) is 16.7. The largest absolute Gasteiger partial charge is 0.494 e. The number of hydrogen-bond donors (Lipinski definition) is 1. The molecule has 3 rings (SSSR count). The Labute approximate surface area is 159 Å². The van der Waals surface area contributed by atoms with E-state index in [9.17, 15) is 9.59 Å². The number of nitrogens with one attached hydrogen (secondary N) is 1. The van der Waals surface area contributed by atoms with Gasteiger partial charge >= 0.3 is 7.12 Å². The quantitative estimate of drug-likeness (QED) is 0.814. The van der Waals surface area contributed by atoms with Gasteiger partial charge in [-0.25, -0.2) is 4.98 Å². The van der Waals surface area contributed by atoms with Crippen LogP contribution in [0.4, 0.5) is 0 Å². The van der Waals surface area contributed by atoms with E-state index in [1.54, 1.807) is 26.1 Å². The van der Waals surface area contributed by atoms with Crippen LogP contribution in [-0.2, 0) is 20.6 Å². The molecular weight excluding hydrogens is 345 g/mol. The average molecular weight is 371 g/mol. The van der Waals surface area contributed by atoms with Gasteiger partial charge in [-0.15, -0.1) is 0 Å². The Morgan fingerprint density at radius 1 is 1.26 bits per heavy atom. The van der Waals surface area contributed by atoms with Gasteiger partial charge in [0.15, 0.2) is 0 Å². The fourth-order valence-electron chi connectivity index (χ4n) is 3.06. The highest BCUT2D eigenvalue weighted by Gasteiger charge is 2.51. The van der Waals surface area contributed by atoms with Crippen molar-refractivity contribution in [2.24, 2.45) is 5.92 Å². The first-order valence-electron chi connectivity index (χ1n) is 9.12. The minimum absolute atomic E-state index is 0.118. The maximum atomic E-state index is 12.9. The molecule has 2 aromatic rings. The number of amides is 1. The van der Waals surface area contributed by atoms with Gasteiger partial charge in [0, 0.05) is 13.6 Å². The fraction of sp³-hybridized carbons (Fsp3) is 0.526. The van der Waals surface area contributed by atoms with Crippen LogP contribution in [0.15, 0.2) is 29.3 Å². The second-order valence-corrected chi connectivity index (χ2v) is 8.08. The summed E-state index contributed by atoms with van der Waals surface area (Å²) in [5.41, 5.74) is 0.283. The topological polar surface area (TPSA) is 82.5 Å². The van der Waals surface area contributed by atoms with E-state index in [0.717, 1.165) is 5.46 Å². The second-order valence-electron chi connectivity index (χ2n) is 8.08. The van der Waals surface area contributed by atoms with Crippen molar-refractivity contribution in [1.29, 1.82) is 0 Å². The number of aromatic nitrogens is 2. The van der Waals surface area contributed by atoms with Crippen LogP contribution >= 0.6 is 0 Å². The van der Waals surface area contributed by atoms with Crippen LogP contribution in [-0.4, -0.2) is 40.8 Å².